The normalized spacial score (nSPS) is 14.1. The molecule has 0 unspecified atom stereocenters. The largest absolute Gasteiger partial charge is 0.491 e. The van der Waals surface area contributed by atoms with Gasteiger partial charge in [0.15, 0.2) is 0 Å². The maximum atomic E-state index is 13.7. The van der Waals surface area contributed by atoms with Crippen LogP contribution >= 0.6 is 11.3 Å². The molecule has 3 aromatic carbocycles. The van der Waals surface area contributed by atoms with Crippen LogP contribution in [0.5, 0.6) is 5.75 Å². The second kappa shape index (κ2) is 12.3. The number of benzene rings is 3. The number of carbonyl (C=O) groups is 1. The monoisotopic (exact) mass is 579 g/mol. The van der Waals surface area contributed by atoms with Crippen LogP contribution in [0.25, 0.3) is 22.4 Å². The minimum atomic E-state index is -0.0252. The number of amides is 1. The van der Waals surface area contributed by atoms with Gasteiger partial charge in [0.05, 0.1) is 29.6 Å². The molecule has 0 spiro atoms. The van der Waals surface area contributed by atoms with E-state index < -0.39 is 0 Å². The molecular weight excluding hydrogens is 546 g/mol. The lowest BCUT2D eigenvalue weighted by Crippen LogP contribution is -2.34. The van der Waals surface area contributed by atoms with Crippen LogP contribution in [-0.4, -0.2) is 47.3 Å². The van der Waals surface area contributed by atoms with E-state index in [1.54, 1.807) is 11.3 Å². The summed E-state index contributed by atoms with van der Waals surface area (Å²) in [5.41, 5.74) is 8.80. The van der Waals surface area contributed by atoms with E-state index >= 15 is 0 Å². The standard InChI is InChI=1S/C34H33N3O4S/c1-22-33(23(2)41-36-22)29-11-12-32-30(19-29)18-25-5-4-6-26(17-25)20-37(13-14-39-15-16-40-32)34(38)28-9-7-27(8-10-28)31-21-42-24(3)35-31/h4-12,17,19,21H,13-16,18,20H2,1-3H3. The van der Waals surface area contributed by atoms with Gasteiger partial charge in [-0.05, 0) is 67.3 Å². The molecule has 0 saturated heterocycles. The zero-order chi connectivity index (χ0) is 29.1. The smallest absolute Gasteiger partial charge is 0.254 e. The summed E-state index contributed by atoms with van der Waals surface area (Å²) in [6.45, 7) is 8.12. The van der Waals surface area contributed by atoms with Gasteiger partial charge in [0, 0.05) is 41.6 Å². The molecule has 0 aliphatic carbocycles. The Morgan fingerprint density at radius 3 is 2.48 bits per heavy atom. The van der Waals surface area contributed by atoms with Gasteiger partial charge < -0.3 is 18.9 Å². The SMILES string of the molecule is Cc1nc(-c2ccc(C(=O)N3CCOCCOc4ccc(-c5c(C)noc5C)cc4Cc4cccc(c4)C3)cc2)cs1. The third-order valence-corrected chi connectivity index (χ3v) is 8.24. The van der Waals surface area contributed by atoms with E-state index in [0.717, 1.165) is 61.3 Å². The Morgan fingerprint density at radius 1 is 0.905 bits per heavy atom. The van der Waals surface area contributed by atoms with Crippen molar-refractivity contribution in [1.82, 2.24) is 15.0 Å². The quantitative estimate of drug-likeness (QED) is 0.228. The zero-order valence-electron chi connectivity index (χ0n) is 24.1. The molecule has 42 heavy (non-hydrogen) atoms. The van der Waals surface area contributed by atoms with Crippen LogP contribution in [0.3, 0.4) is 0 Å². The third kappa shape index (κ3) is 6.15. The fourth-order valence-corrected chi connectivity index (χ4v) is 6.01. The van der Waals surface area contributed by atoms with Gasteiger partial charge in [0.1, 0.15) is 18.1 Å². The number of carbonyl (C=O) groups excluding carboxylic acids is 1. The average molecular weight is 580 g/mol. The lowest BCUT2D eigenvalue weighted by atomic mass is 9.96. The summed E-state index contributed by atoms with van der Waals surface area (Å²) < 4.78 is 17.5. The lowest BCUT2D eigenvalue weighted by molar-refractivity contribution is 0.0571. The van der Waals surface area contributed by atoms with Crippen LogP contribution in [0.1, 0.15) is 43.5 Å². The van der Waals surface area contributed by atoms with Crippen LogP contribution in [0.15, 0.2) is 76.6 Å². The first-order valence-electron chi connectivity index (χ1n) is 14.1. The first-order valence-corrected chi connectivity index (χ1v) is 15.0. The number of aromatic nitrogens is 2. The van der Waals surface area contributed by atoms with Gasteiger partial charge >= 0.3 is 0 Å². The van der Waals surface area contributed by atoms with Crippen LogP contribution in [0.2, 0.25) is 0 Å². The fraction of sp³-hybridized carbons (Fsp3) is 0.265. The van der Waals surface area contributed by atoms with Crippen molar-refractivity contribution in [2.45, 2.75) is 33.7 Å². The highest BCUT2D eigenvalue weighted by molar-refractivity contribution is 7.09. The molecule has 2 bridgehead atoms. The Labute approximate surface area is 249 Å². The molecule has 214 valence electrons. The van der Waals surface area contributed by atoms with Gasteiger partial charge in [-0.2, -0.15) is 0 Å². The van der Waals surface area contributed by atoms with Crippen molar-refractivity contribution in [3.05, 3.63) is 111 Å². The van der Waals surface area contributed by atoms with E-state index in [0.29, 0.717) is 44.9 Å². The third-order valence-electron chi connectivity index (χ3n) is 7.47. The van der Waals surface area contributed by atoms with Crippen LogP contribution in [0.4, 0.5) is 0 Å². The molecule has 1 amide bonds. The van der Waals surface area contributed by atoms with E-state index in [4.69, 9.17) is 14.0 Å². The van der Waals surface area contributed by atoms with Gasteiger partial charge in [-0.3, -0.25) is 4.79 Å². The van der Waals surface area contributed by atoms with E-state index in [2.05, 4.69) is 46.5 Å². The van der Waals surface area contributed by atoms with Crippen molar-refractivity contribution >= 4 is 17.2 Å². The van der Waals surface area contributed by atoms with Crippen molar-refractivity contribution < 1.29 is 18.8 Å². The summed E-state index contributed by atoms with van der Waals surface area (Å²) in [5.74, 6) is 1.61. The number of rotatable bonds is 3. The highest BCUT2D eigenvalue weighted by Crippen LogP contribution is 2.32. The molecule has 0 radical (unpaired) electrons. The summed E-state index contributed by atoms with van der Waals surface area (Å²) in [6.07, 6.45) is 0.687. The highest BCUT2D eigenvalue weighted by atomic mass is 32.1. The molecule has 0 fully saturated rings. The molecule has 5 aromatic rings. The summed E-state index contributed by atoms with van der Waals surface area (Å²) in [4.78, 5) is 20.1. The average Bonchev–Trinajstić information content (AvgIpc) is 3.58. The Balaban J connectivity index is 1.26. The molecule has 1 aliphatic heterocycles. The number of hydrogen-bond donors (Lipinski definition) is 0. The molecule has 0 atom stereocenters. The molecule has 7 nitrogen and oxygen atoms in total. The Hall–Kier alpha value is -4.27. The van der Waals surface area contributed by atoms with E-state index in [1.807, 2.05) is 61.4 Å². The topological polar surface area (TPSA) is 77.7 Å². The molecule has 8 heteroatoms. The number of aryl methyl sites for hydroxylation is 3. The van der Waals surface area contributed by atoms with Crippen LogP contribution in [-0.2, 0) is 17.7 Å². The van der Waals surface area contributed by atoms with Gasteiger partial charge in [0.2, 0.25) is 0 Å². The van der Waals surface area contributed by atoms with Gasteiger partial charge in [-0.25, -0.2) is 4.98 Å². The Kier molecular flexibility index (Phi) is 8.17. The van der Waals surface area contributed by atoms with Gasteiger partial charge in [-0.1, -0.05) is 47.6 Å². The molecule has 6 rings (SSSR count). The number of thiazole rings is 1. The zero-order valence-corrected chi connectivity index (χ0v) is 24.9. The van der Waals surface area contributed by atoms with Crippen molar-refractivity contribution in [1.29, 1.82) is 0 Å². The number of nitrogens with zero attached hydrogens (tertiary/aromatic N) is 3. The molecule has 0 N–H and O–H groups in total. The van der Waals surface area contributed by atoms with Crippen molar-refractivity contribution in [3.63, 3.8) is 0 Å². The first kappa shape index (κ1) is 27.9. The Morgan fingerprint density at radius 2 is 1.71 bits per heavy atom. The van der Waals surface area contributed by atoms with Crippen molar-refractivity contribution in [2.75, 3.05) is 26.4 Å². The van der Waals surface area contributed by atoms with Crippen LogP contribution in [0, 0.1) is 20.8 Å². The molecule has 1 aliphatic rings. The summed E-state index contributed by atoms with van der Waals surface area (Å²) in [5, 5.41) is 7.19. The molecule has 3 heterocycles. The minimum Gasteiger partial charge on any atom is -0.491 e. The highest BCUT2D eigenvalue weighted by Gasteiger charge is 2.19. The predicted octanol–water partition coefficient (Wildman–Crippen LogP) is 7.03. The minimum absolute atomic E-state index is 0.0252. The molecule has 2 aromatic heterocycles. The second-order valence-electron chi connectivity index (χ2n) is 10.5. The number of ether oxygens (including phenoxy) is 2. The molecular formula is C34H33N3O4S. The van der Waals surface area contributed by atoms with Gasteiger partial charge in [0.25, 0.3) is 5.91 Å². The maximum Gasteiger partial charge on any atom is 0.254 e. The molecule has 0 saturated carbocycles. The van der Waals surface area contributed by atoms with Crippen molar-refractivity contribution in [2.24, 2.45) is 0 Å². The van der Waals surface area contributed by atoms with Gasteiger partial charge in [-0.15, -0.1) is 11.3 Å². The maximum absolute atomic E-state index is 13.7. The summed E-state index contributed by atoms with van der Waals surface area (Å²) in [6, 6.07) is 22.4. The lowest BCUT2D eigenvalue weighted by Gasteiger charge is -2.24. The van der Waals surface area contributed by atoms with E-state index in [1.165, 1.54) is 0 Å². The number of fused-ring (bicyclic) bond motifs is 3. The summed E-state index contributed by atoms with van der Waals surface area (Å²) >= 11 is 1.62. The van der Waals surface area contributed by atoms with E-state index in [9.17, 15) is 4.79 Å². The van der Waals surface area contributed by atoms with Crippen LogP contribution < -0.4 is 4.74 Å². The second-order valence-corrected chi connectivity index (χ2v) is 11.6. The Bertz CT molecular complexity index is 1690. The number of hydrogen-bond acceptors (Lipinski definition) is 7. The predicted molar refractivity (Wildman–Crippen MR) is 164 cm³/mol. The summed E-state index contributed by atoms with van der Waals surface area (Å²) in [7, 11) is 0. The van der Waals surface area contributed by atoms with E-state index in [-0.39, 0.29) is 5.91 Å². The first-order chi connectivity index (χ1) is 20.4. The fourth-order valence-electron chi connectivity index (χ4n) is 5.39. The van der Waals surface area contributed by atoms with Crippen molar-refractivity contribution in [3.8, 4) is 28.1 Å².